The zero-order valence-corrected chi connectivity index (χ0v) is 14.6. The molecule has 1 saturated heterocycles. The Morgan fingerprint density at radius 1 is 1.36 bits per heavy atom. The third kappa shape index (κ3) is 3.24. The van der Waals surface area contributed by atoms with Gasteiger partial charge in [0.2, 0.25) is 0 Å². The molecule has 1 fully saturated rings. The standard InChI is InChI=1S/C17H18N6OS/c18-7-13-8-20-16(9-19-13)22-4-1-2-14(22)10-23-17(24)6-12-11-25-5-3-15(12)21-23/h6,8-9,14H,1-5,10-11H2. The first-order chi connectivity index (χ1) is 12.2. The van der Waals surface area contributed by atoms with Crippen LogP contribution in [0.1, 0.15) is 29.8 Å². The third-order valence-corrected chi connectivity index (χ3v) is 5.72. The van der Waals surface area contributed by atoms with Crippen LogP contribution in [0.5, 0.6) is 0 Å². The first-order valence-electron chi connectivity index (χ1n) is 8.41. The van der Waals surface area contributed by atoms with Crippen LogP contribution in [-0.4, -0.2) is 38.1 Å². The number of hydrogen-bond donors (Lipinski definition) is 0. The van der Waals surface area contributed by atoms with Crippen LogP contribution in [-0.2, 0) is 18.7 Å². The highest BCUT2D eigenvalue weighted by Gasteiger charge is 2.27. The predicted molar refractivity (Wildman–Crippen MR) is 95.5 cm³/mol. The Balaban J connectivity index is 1.57. The first kappa shape index (κ1) is 16.1. The van der Waals surface area contributed by atoms with E-state index in [1.54, 1.807) is 16.9 Å². The van der Waals surface area contributed by atoms with Crippen LogP contribution in [0.4, 0.5) is 5.82 Å². The topological polar surface area (TPSA) is 87.7 Å². The van der Waals surface area contributed by atoms with E-state index in [4.69, 9.17) is 5.26 Å². The number of thioether (sulfide) groups is 1. The van der Waals surface area contributed by atoms with Crippen molar-refractivity contribution in [3.63, 3.8) is 0 Å². The lowest BCUT2D eigenvalue weighted by Crippen LogP contribution is -2.38. The van der Waals surface area contributed by atoms with Crippen molar-refractivity contribution < 1.29 is 0 Å². The minimum Gasteiger partial charge on any atom is -0.350 e. The first-order valence-corrected chi connectivity index (χ1v) is 9.56. The highest BCUT2D eigenvalue weighted by molar-refractivity contribution is 7.98. The number of fused-ring (bicyclic) bond motifs is 1. The van der Waals surface area contributed by atoms with Gasteiger partial charge < -0.3 is 4.90 Å². The Morgan fingerprint density at radius 2 is 2.28 bits per heavy atom. The average Bonchev–Trinajstić information content (AvgIpc) is 3.10. The lowest BCUT2D eigenvalue weighted by molar-refractivity contribution is 0.479. The summed E-state index contributed by atoms with van der Waals surface area (Å²) < 4.78 is 1.61. The number of nitrogens with zero attached hydrogens (tertiary/aromatic N) is 6. The van der Waals surface area contributed by atoms with Crippen molar-refractivity contribution in [3.05, 3.63) is 45.8 Å². The summed E-state index contributed by atoms with van der Waals surface area (Å²) in [7, 11) is 0. The maximum Gasteiger partial charge on any atom is 0.267 e. The smallest absolute Gasteiger partial charge is 0.267 e. The second kappa shape index (κ2) is 6.84. The molecule has 0 radical (unpaired) electrons. The van der Waals surface area contributed by atoms with E-state index in [-0.39, 0.29) is 11.6 Å². The van der Waals surface area contributed by atoms with Crippen molar-refractivity contribution in [2.45, 2.75) is 37.6 Å². The van der Waals surface area contributed by atoms with Crippen LogP contribution in [0.25, 0.3) is 0 Å². The van der Waals surface area contributed by atoms with Gasteiger partial charge in [0.05, 0.1) is 30.7 Å². The fourth-order valence-corrected chi connectivity index (χ4v) is 4.39. The third-order valence-electron chi connectivity index (χ3n) is 4.71. The Labute approximate surface area is 149 Å². The van der Waals surface area contributed by atoms with E-state index in [1.807, 2.05) is 17.8 Å². The van der Waals surface area contributed by atoms with Gasteiger partial charge in [-0.15, -0.1) is 0 Å². The van der Waals surface area contributed by atoms with Gasteiger partial charge in [0.25, 0.3) is 5.56 Å². The molecule has 0 aliphatic carbocycles. The van der Waals surface area contributed by atoms with Crippen LogP contribution in [0.2, 0.25) is 0 Å². The summed E-state index contributed by atoms with van der Waals surface area (Å²) in [5.74, 6) is 2.70. The van der Waals surface area contributed by atoms with Gasteiger partial charge in [0.1, 0.15) is 11.9 Å². The van der Waals surface area contributed by atoms with Crippen molar-refractivity contribution in [1.82, 2.24) is 19.7 Å². The molecule has 128 valence electrons. The number of hydrogen-bond acceptors (Lipinski definition) is 7. The number of aromatic nitrogens is 4. The fourth-order valence-electron chi connectivity index (χ4n) is 3.44. The van der Waals surface area contributed by atoms with E-state index in [2.05, 4.69) is 20.0 Å². The van der Waals surface area contributed by atoms with Gasteiger partial charge >= 0.3 is 0 Å². The van der Waals surface area contributed by atoms with E-state index in [0.29, 0.717) is 12.2 Å². The van der Waals surface area contributed by atoms with Crippen LogP contribution in [0.15, 0.2) is 23.3 Å². The molecule has 4 rings (SSSR count). The normalized spacial score (nSPS) is 19.5. The molecule has 7 nitrogen and oxygen atoms in total. The van der Waals surface area contributed by atoms with Crippen molar-refractivity contribution in [3.8, 4) is 6.07 Å². The summed E-state index contributed by atoms with van der Waals surface area (Å²) in [5.41, 5.74) is 2.42. The number of nitriles is 1. The molecule has 2 aromatic rings. The number of rotatable bonds is 3. The van der Waals surface area contributed by atoms with Gasteiger partial charge in [0.15, 0.2) is 5.69 Å². The number of anilines is 1. The Morgan fingerprint density at radius 3 is 3.08 bits per heavy atom. The van der Waals surface area contributed by atoms with Crippen molar-refractivity contribution in [2.75, 3.05) is 17.2 Å². The maximum absolute atomic E-state index is 12.4. The van der Waals surface area contributed by atoms with E-state index < -0.39 is 0 Å². The Hall–Kier alpha value is -2.40. The maximum atomic E-state index is 12.4. The van der Waals surface area contributed by atoms with Crippen LogP contribution in [0, 0.1) is 11.3 Å². The Kier molecular flexibility index (Phi) is 4.40. The quantitative estimate of drug-likeness (QED) is 0.822. The molecule has 0 N–H and O–H groups in total. The summed E-state index contributed by atoms with van der Waals surface area (Å²) in [6.45, 7) is 1.43. The molecule has 2 aliphatic heterocycles. The second-order valence-corrected chi connectivity index (χ2v) is 7.41. The summed E-state index contributed by atoms with van der Waals surface area (Å²) in [4.78, 5) is 23.0. The molecule has 1 atom stereocenters. The van der Waals surface area contributed by atoms with Gasteiger partial charge in [-0.05, 0) is 24.2 Å². The zero-order chi connectivity index (χ0) is 17.2. The largest absolute Gasteiger partial charge is 0.350 e. The van der Waals surface area contributed by atoms with Crippen LogP contribution in [0.3, 0.4) is 0 Å². The Bertz CT molecular complexity index is 872. The molecular weight excluding hydrogens is 336 g/mol. The van der Waals surface area contributed by atoms with E-state index in [0.717, 1.165) is 54.4 Å². The molecule has 2 aromatic heterocycles. The molecule has 8 heteroatoms. The average molecular weight is 354 g/mol. The highest BCUT2D eigenvalue weighted by atomic mass is 32.2. The van der Waals surface area contributed by atoms with Crippen molar-refractivity contribution >= 4 is 17.6 Å². The van der Waals surface area contributed by atoms with Gasteiger partial charge in [-0.25, -0.2) is 14.6 Å². The van der Waals surface area contributed by atoms with Gasteiger partial charge in [0, 0.05) is 24.8 Å². The van der Waals surface area contributed by atoms with Crippen LogP contribution < -0.4 is 10.5 Å². The monoisotopic (exact) mass is 354 g/mol. The number of aryl methyl sites for hydroxylation is 1. The van der Waals surface area contributed by atoms with Gasteiger partial charge in [-0.2, -0.15) is 22.1 Å². The van der Waals surface area contributed by atoms with E-state index in [1.165, 1.54) is 6.20 Å². The molecule has 0 bridgehead atoms. The molecule has 1 unspecified atom stereocenters. The van der Waals surface area contributed by atoms with Gasteiger partial charge in [-0.3, -0.25) is 4.79 Å². The minimum absolute atomic E-state index is 0.0287. The molecule has 0 aromatic carbocycles. The molecule has 25 heavy (non-hydrogen) atoms. The summed E-state index contributed by atoms with van der Waals surface area (Å²) >= 11 is 1.85. The summed E-state index contributed by atoms with van der Waals surface area (Å²) in [6, 6.07) is 3.90. The van der Waals surface area contributed by atoms with Gasteiger partial charge in [-0.1, -0.05) is 0 Å². The predicted octanol–water partition coefficient (Wildman–Crippen LogP) is 1.36. The lowest BCUT2D eigenvalue weighted by Gasteiger charge is -2.26. The molecule has 0 spiro atoms. The SMILES string of the molecule is N#Cc1cnc(N2CCCC2Cn2nc3c(cc2=O)CSCC3)cn1. The molecule has 2 aliphatic rings. The van der Waals surface area contributed by atoms with Crippen molar-refractivity contribution in [1.29, 1.82) is 5.26 Å². The second-order valence-electron chi connectivity index (χ2n) is 6.30. The van der Waals surface area contributed by atoms with E-state index in [9.17, 15) is 4.79 Å². The lowest BCUT2D eigenvalue weighted by atomic mass is 10.2. The molecule has 0 saturated carbocycles. The van der Waals surface area contributed by atoms with Crippen molar-refractivity contribution in [2.24, 2.45) is 0 Å². The highest BCUT2D eigenvalue weighted by Crippen LogP contribution is 2.25. The molecule has 4 heterocycles. The zero-order valence-electron chi connectivity index (χ0n) is 13.8. The van der Waals surface area contributed by atoms with Crippen LogP contribution >= 0.6 is 11.8 Å². The molecular formula is C17H18N6OS. The summed E-state index contributed by atoms with van der Waals surface area (Å²) in [6.07, 6.45) is 6.09. The summed E-state index contributed by atoms with van der Waals surface area (Å²) in [5, 5.41) is 13.5. The molecule has 0 amide bonds. The minimum atomic E-state index is -0.0287. The van der Waals surface area contributed by atoms with E-state index >= 15 is 0 Å². The fraction of sp³-hybridized carbons (Fsp3) is 0.471.